The Hall–Kier alpha value is -2.35. The molecule has 1 N–H and O–H groups in total. The van der Waals surface area contributed by atoms with Crippen LogP contribution >= 0.6 is 0 Å². The molecule has 0 saturated carbocycles. The Morgan fingerprint density at radius 3 is 2.85 bits per heavy atom. The van der Waals surface area contributed by atoms with E-state index in [4.69, 9.17) is 0 Å². The van der Waals surface area contributed by atoms with Gasteiger partial charge < -0.3 is 5.32 Å². The van der Waals surface area contributed by atoms with Crippen molar-refractivity contribution in [1.29, 1.82) is 0 Å². The molecule has 1 unspecified atom stereocenters. The van der Waals surface area contributed by atoms with Crippen LogP contribution in [0, 0.1) is 5.82 Å². The van der Waals surface area contributed by atoms with Gasteiger partial charge in [0, 0.05) is 25.2 Å². The van der Waals surface area contributed by atoms with E-state index in [0.29, 0.717) is 25.1 Å². The van der Waals surface area contributed by atoms with E-state index in [1.807, 2.05) is 0 Å². The lowest BCUT2D eigenvalue weighted by Crippen LogP contribution is -2.45. The van der Waals surface area contributed by atoms with Crippen molar-refractivity contribution in [3.05, 3.63) is 45.9 Å². The van der Waals surface area contributed by atoms with Crippen LogP contribution in [0.1, 0.15) is 36.9 Å². The van der Waals surface area contributed by atoms with E-state index in [0.717, 1.165) is 56.5 Å². The maximum Gasteiger partial charge on any atom is 0.267 e. The summed E-state index contributed by atoms with van der Waals surface area (Å²) < 4.78 is 14.5. The standard InChI is InChI=1S/C19H25FN6O/c20-15-11-21-19(22-12-15)23-13-16-5-1-2-7-25(16)8-9-26-18(27)10-14-4-3-6-17(14)24-26/h10-12,16H,1-9,13H2,(H,21,22,23). The lowest BCUT2D eigenvalue weighted by molar-refractivity contribution is 0.147. The molecular formula is C19H25FN6O. The summed E-state index contributed by atoms with van der Waals surface area (Å²) in [6.07, 6.45) is 8.81. The third-order valence-electron chi connectivity index (χ3n) is 5.49. The van der Waals surface area contributed by atoms with E-state index in [1.165, 1.54) is 18.8 Å². The van der Waals surface area contributed by atoms with Crippen molar-refractivity contribution in [3.8, 4) is 0 Å². The van der Waals surface area contributed by atoms with Crippen molar-refractivity contribution in [1.82, 2.24) is 24.6 Å². The number of anilines is 1. The zero-order valence-electron chi connectivity index (χ0n) is 15.4. The van der Waals surface area contributed by atoms with Gasteiger partial charge in [-0.05, 0) is 44.2 Å². The van der Waals surface area contributed by atoms with Crippen LogP contribution in [0.5, 0.6) is 0 Å². The molecule has 4 rings (SSSR count). The summed E-state index contributed by atoms with van der Waals surface area (Å²) in [4.78, 5) is 22.6. The van der Waals surface area contributed by atoms with Gasteiger partial charge in [-0.15, -0.1) is 0 Å². The molecule has 2 aliphatic rings. The van der Waals surface area contributed by atoms with Crippen LogP contribution in [0.4, 0.5) is 10.3 Å². The Kier molecular flexibility index (Phi) is 5.42. The van der Waals surface area contributed by atoms with Gasteiger partial charge in [-0.2, -0.15) is 5.10 Å². The normalized spacial score (nSPS) is 19.8. The quantitative estimate of drug-likeness (QED) is 0.831. The van der Waals surface area contributed by atoms with Gasteiger partial charge in [0.15, 0.2) is 5.82 Å². The van der Waals surface area contributed by atoms with Gasteiger partial charge in [0.2, 0.25) is 5.95 Å². The molecule has 3 heterocycles. The molecule has 0 bridgehead atoms. The van der Waals surface area contributed by atoms with Crippen LogP contribution in [-0.2, 0) is 19.4 Å². The summed E-state index contributed by atoms with van der Waals surface area (Å²) in [7, 11) is 0. The SMILES string of the molecule is O=c1cc2c(nn1CCN1CCCCC1CNc1ncc(F)cn1)CCC2. The summed E-state index contributed by atoms with van der Waals surface area (Å²) in [5.41, 5.74) is 2.21. The lowest BCUT2D eigenvalue weighted by Gasteiger charge is -2.35. The van der Waals surface area contributed by atoms with Crippen LogP contribution in [0.3, 0.4) is 0 Å². The zero-order valence-corrected chi connectivity index (χ0v) is 15.4. The molecule has 2 aromatic heterocycles. The Labute approximate surface area is 157 Å². The summed E-state index contributed by atoms with van der Waals surface area (Å²) in [6.45, 7) is 3.12. The number of likely N-dealkylation sites (tertiary alicyclic amines) is 1. The number of hydrogen-bond donors (Lipinski definition) is 1. The van der Waals surface area contributed by atoms with Gasteiger partial charge in [0.1, 0.15) is 0 Å². The molecule has 0 radical (unpaired) electrons. The summed E-state index contributed by atoms with van der Waals surface area (Å²) in [5, 5.41) is 7.77. The number of nitrogens with zero attached hydrogens (tertiary/aromatic N) is 5. The van der Waals surface area contributed by atoms with Gasteiger partial charge in [0.25, 0.3) is 5.56 Å². The number of hydrogen-bond acceptors (Lipinski definition) is 6. The fourth-order valence-electron chi connectivity index (χ4n) is 4.02. The van der Waals surface area contributed by atoms with Gasteiger partial charge >= 0.3 is 0 Å². The van der Waals surface area contributed by atoms with E-state index in [2.05, 4.69) is 25.3 Å². The van der Waals surface area contributed by atoms with E-state index in [-0.39, 0.29) is 5.56 Å². The van der Waals surface area contributed by atoms with Crippen molar-refractivity contribution < 1.29 is 4.39 Å². The Morgan fingerprint density at radius 2 is 2.00 bits per heavy atom. The van der Waals surface area contributed by atoms with Crippen molar-refractivity contribution >= 4 is 5.95 Å². The first-order chi connectivity index (χ1) is 13.2. The smallest absolute Gasteiger partial charge is 0.267 e. The number of nitrogens with one attached hydrogen (secondary N) is 1. The van der Waals surface area contributed by atoms with Crippen LogP contribution in [0.25, 0.3) is 0 Å². The van der Waals surface area contributed by atoms with Crippen molar-refractivity contribution in [3.63, 3.8) is 0 Å². The minimum absolute atomic E-state index is 0.00190. The number of rotatable bonds is 6. The van der Waals surface area contributed by atoms with Gasteiger partial charge in [-0.25, -0.2) is 19.0 Å². The molecule has 1 aliphatic heterocycles. The molecular weight excluding hydrogens is 347 g/mol. The molecule has 1 atom stereocenters. The second-order valence-corrected chi connectivity index (χ2v) is 7.32. The first-order valence-corrected chi connectivity index (χ1v) is 9.74. The van der Waals surface area contributed by atoms with Crippen LogP contribution in [-0.4, -0.2) is 50.3 Å². The molecule has 0 amide bonds. The molecule has 8 heteroatoms. The van der Waals surface area contributed by atoms with E-state index in [1.54, 1.807) is 10.7 Å². The van der Waals surface area contributed by atoms with Gasteiger partial charge in [0.05, 0.1) is 24.6 Å². The second-order valence-electron chi connectivity index (χ2n) is 7.32. The molecule has 2 aromatic rings. The molecule has 1 aliphatic carbocycles. The van der Waals surface area contributed by atoms with Crippen LogP contribution in [0.15, 0.2) is 23.3 Å². The van der Waals surface area contributed by atoms with Crippen molar-refractivity contribution in [2.75, 3.05) is 25.0 Å². The monoisotopic (exact) mass is 372 g/mol. The molecule has 144 valence electrons. The lowest BCUT2D eigenvalue weighted by atomic mass is 10.0. The minimum Gasteiger partial charge on any atom is -0.353 e. The fraction of sp³-hybridized carbons (Fsp3) is 0.579. The third-order valence-corrected chi connectivity index (χ3v) is 5.49. The number of aryl methyl sites for hydroxylation is 2. The topological polar surface area (TPSA) is 75.9 Å². The maximum atomic E-state index is 12.9. The molecule has 0 spiro atoms. The van der Waals surface area contributed by atoms with E-state index >= 15 is 0 Å². The number of piperidine rings is 1. The van der Waals surface area contributed by atoms with E-state index in [9.17, 15) is 9.18 Å². The highest BCUT2D eigenvalue weighted by Gasteiger charge is 2.23. The number of halogens is 1. The fourth-order valence-corrected chi connectivity index (χ4v) is 4.02. The highest BCUT2D eigenvalue weighted by molar-refractivity contribution is 5.23. The van der Waals surface area contributed by atoms with Crippen molar-refractivity contribution in [2.24, 2.45) is 0 Å². The van der Waals surface area contributed by atoms with Crippen molar-refractivity contribution in [2.45, 2.75) is 51.1 Å². The predicted molar refractivity (Wildman–Crippen MR) is 100 cm³/mol. The highest BCUT2D eigenvalue weighted by Crippen LogP contribution is 2.18. The molecule has 7 nitrogen and oxygen atoms in total. The largest absolute Gasteiger partial charge is 0.353 e. The maximum absolute atomic E-state index is 12.9. The minimum atomic E-state index is -0.438. The van der Waals surface area contributed by atoms with Crippen LogP contribution in [0.2, 0.25) is 0 Å². The summed E-state index contributed by atoms with van der Waals surface area (Å²) in [5.74, 6) is 0.00515. The Bertz CT molecular complexity index is 837. The molecule has 27 heavy (non-hydrogen) atoms. The second kappa shape index (κ2) is 8.12. The average Bonchev–Trinajstić information content (AvgIpc) is 3.13. The molecule has 1 fully saturated rings. The highest BCUT2D eigenvalue weighted by atomic mass is 19.1. The van der Waals surface area contributed by atoms with Gasteiger partial charge in [-0.1, -0.05) is 6.42 Å². The third kappa shape index (κ3) is 4.32. The zero-order chi connectivity index (χ0) is 18.6. The summed E-state index contributed by atoms with van der Waals surface area (Å²) >= 11 is 0. The Balaban J connectivity index is 1.36. The molecule has 0 aromatic carbocycles. The predicted octanol–water partition coefficient (Wildman–Crippen LogP) is 1.63. The molecule has 1 saturated heterocycles. The average molecular weight is 372 g/mol. The van der Waals surface area contributed by atoms with Crippen LogP contribution < -0.4 is 10.9 Å². The number of fused-ring (bicyclic) bond motifs is 1. The first-order valence-electron chi connectivity index (χ1n) is 9.74. The number of aromatic nitrogens is 4. The Morgan fingerprint density at radius 1 is 1.15 bits per heavy atom. The summed E-state index contributed by atoms with van der Waals surface area (Å²) in [6, 6.07) is 2.11. The van der Waals surface area contributed by atoms with E-state index < -0.39 is 5.82 Å². The first kappa shape index (κ1) is 18.0. The van der Waals surface area contributed by atoms with Gasteiger partial charge in [-0.3, -0.25) is 9.69 Å².